The second-order valence-electron chi connectivity index (χ2n) is 1.97. The second kappa shape index (κ2) is 2.49. The molecule has 1 aromatic rings. The molecule has 9 heavy (non-hydrogen) atoms. The van der Waals surface area contributed by atoms with Crippen LogP contribution in [0.4, 0.5) is 0 Å². The molecule has 0 N–H and O–H groups in total. The Morgan fingerprint density at radius 2 is 1.67 bits per heavy atom. The van der Waals surface area contributed by atoms with Crippen molar-refractivity contribution in [1.82, 2.24) is 0 Å². The fourth-order valence-corrected chi connectivity index (χ4v) is 0.674. The topological polar surface area (TPSA) is 0 Å². The van der Waals surface area contributed by atoms with E-state index in [-0.39, 0.29) is 0 Å². The Hall–Kier alpha value is -1.04. The zero-order valence-corrected chi connectivity index (χ0v) is 5.30. The van der Waals surface area contributed by atoms with Crippen molar-refractivity contribution in [3.63, 3.8) is 0 Å². The van der Waals surface area contributed by atoms with Crippen LogP contribution in [0.5, 0.6) is 0 Å². The summed E-state index contributed by atoms with van der Waals surface area (Å²) in [6.07, 6.45) is 0. The Morgan fingerprint density at radius 3 is 2.00 bits per heavy atom. The highest BCUT2D eigenvalue weighted by Gasteiger charge is 1.86. The lowest BCUT2D eigenvalue weighted by molar-refractivity contribution is 1.63. The highest BCUT2D eigenvalue weighted by molar-refractivity contribution is 5.65. The van der Waals surface area contributed by atoms with Gasteiger partial charge in [0.2, 0.25) is 0 Å². The van der Waals surface area contributed by atoms with Gasteiger partial charge in [-0.3, -0.25) is 0 Å². The molecule has 0 fully saturated rings. The molecule has 0 atom stereocenters. The van der Waals surface area contributed by atoms with Gasteiger partial charge in [-0.25, -0.2) is 0 Å². The number of rotatable bonds is 1. The van der Waals surface area contributed by atoms with Gasteiger partial charge in [-0.1, -0.05) is 36.9 Å². The van der Waals surface area contributed by atoms with Crippen LogP contribution in [-0.4, -0.2) is 0 Å². The predicted octanol–water partition coefficient (Wildman–Crippen LogP) is 2.53. The summed E-state index contributed by atoms with van der Waals surface area (Å²) in [5, 5.41) is 0. The molecule has 0 aliphatic heterocycles. The summed E-state index contributed by atoms with van der Waals surface area (Å²) in [5.41, 5.74) is 1.98. The van der Waals surface area contributed by atoms with E-state index in [1.54, 1.807) is 0 Å². The number of allylic oxidation sites excluding steroid dienone is 1. The van der Waals surface area contributed by atoms with Crippen LogP contribution in [0.15, 0.2) is 36.9 Å². The van der Waals surface area contributed by atoms with Crippen LogP contribution in [0.25, 0.3) is 5.57 Å². The van der Waals surface area contributed by atoms with Crippen molar-refractivity contribution in [2.45, 2.75) is 0 Å². The third-order valence-corrected chi connectivity index (χ3v) is 1.18. The van der Waals surface area contributed by atoms with E-state index < -0.39 is 0 Å². The van der Waals surface area contributed by atoms with Gasteiger partial charge in [-0.05, 0) is 18.1 Å². The first kappa shape index (κ1) is 6.09. The van der Waals surface area contributed by atoms with E-state index in [9.17, 15) is 0 Å². The summed E-state index contributed by atoms with van der Waals surface area (Å²) in [4.78, 5) is 0. The zero-order chi connectivity index (χ0) is 6.69. The Kier molecular flexibility index (Phi) is 1.69. The van der Waals surface area contributed by atoms with Crippen LogP contribution in [-0.2, 0) is 0 Å². The van der Waals surface area contributed by atoms with Crippen LogP contribution in [0.3, 0.4) is 0 Å². The zero-order valence-electron chi connectivity index (χ0n) is 5.30. The van der Waals surface area contributed by atoms with Crippen LogP contribution in [0.1, 0.15) is 5.56 Å². The van der Waals surface area contributed by atoms with Gasteiger partial charge < -0.3 is 0 Å². The molecule has 0 amide bonds. The van der Waals surface area contributed by atoms with E-state index in [4.69, 9.17) is 0 Å². The van der Waals surface area contributed by atoms with Crippen LogP contribution < -0.4 is 0 Å². The van der Waals surface area contributed by atoms with E-state index in [1.807, 2.05) is 30.3 Å². The maximum Gasteiger partial charge on any atom is -0.0230 e. The lowest BCUT2D eigenvalue weighted by atomic mass is 10.1. The van der Waals surface area contributed by atoms with Gasteiger partial charge in [0.15, 0.2) is 0 Å². The van der Waals surface area contributed by atoms with Gasteiger partial charge in [-0.15, -0.1) is 0 Å². The molecule has 0 heterocycles. The Labute approximate surface area is 55.8 Å². The Morgan fingerprint density at radius 1 is 1.11 bits per heavy atom. The highest BCUT2D eigenvalue weighted by atomic mass is 13.9. The normalized spacial score (nSPS) is 9.00. The number of hydrogen-bond acceptors (Lipinski definition) is 0. The lowest BCUT2D eigenvalue weighted by Gasteiger charge is -1.94. The van der Waals surface area contributed by atoms with Crippen molar-refractivity contribution < 1.29 is 0 Å². The molecule has 1 rings (SSSR count). The highest BCUT2D eigenvalue weighted by Crippen LogP contribution is 2.08. The maximum absolute atomic E-state index is 3.71. The molecule has 45 valence electrons. The smallest absolute Gasteiger partial charge is 0.0230 e. The number of hydrogen-bond donors (Lipinski definition) is 0. The van der Waals surface area contributed by atoms with Gasteiger partial charge in [0, 0.05) is 0 Å². The fraction of sp³-hybridized carbons (Fsp3) is 0. The van der Waals surface area contributed by atoms with Crippen molar-refractivity contribution in [1.29, 1.82) is 0 Å². The molecule has 0 bridgehead atoms. The van der Waals surface area contributed by atoms with Gasteiger partial charge in [0.25, 0.3) is 0 Å². The Bertz CT molecular complexity index is 197. The summed E-state index contributed by atoms with van der Waals surface area (Å²) in [7, 11) is 0. The molecule has 0 saturated heterocycles. The van der Waals surface area contributed by atoms with Crippen molar-refractivity contribution in [3.8, 4) is 0 Å². The molecule has 1 aromatic carbocycles. The molecular formula is C9H9. The quantitative estimate of drug-likeness (QED) is 0.530. The minimum Gasteiger partial charge on any atom is -0.0952 e. The van der Waals surface area contributed by atoms with Crippen LogP contribution >= 0.6 is 0 Å². The van der Waals surface area contributed by atoms with Gasteiger partial charge >= 0.3 is 0 Å². The second-order valence-corrected chi connectivity index (χ2v) is 1.97. The van der Waals surface area contributed by atoms with Gasteiger partial charge in [0.05, 0.1) is 0 Å². The third-order valence-electron chi connectivity index (χ3n) is 1.18. The van der Waals surface area contributed by atoms with Crippen LogP contribution in [0, 0.1) is 6.92 Å². The maximum atomic E-state index is 3.71. The first-order chi connectivity index (χ1) is 4.30. The van der Waals surface area contributed by atoms with E-state index in [2.05, 4.69) is 13.5 Å². The predicted molar refractivity (Wildman–Crippen MR) is 40.8 cm³/mol. The Balaban J connectivity index is 2.98. The molecule has 0 nitrogen and oxygen atoms in total. The SMILES string of the molecule is [CH2]C(=C)c1ccccc1. The minimum atomic E-state index is 0.871. The molecule has 0 saturated carbocycles. The van der Waals surface area contributed by atoms with Gasteiger partial charge in [-0.2, -0.15) is 0 Å². The van der Waals surface area contributed by atoms with Crippen molar-refractivity contribution >= 4 is 5.57 Å². The number of benzene rings is 1. The van der Waals surface area contributed by atoms with E-state index in [0.29, 0.717) is 0 Å². The average molecular weight is 117 g/mol. The monoisotopic (exact) mass is 117 g/mol. The molecule has 0 spiro atoms. The molecule has 1 radical (unpaired) electrons. The molecule has 0 aliphatic rings. The molecular weight excluding hydrogens is 108 g/mol. The van der Waals surface area contributed by atoms with E-state index in [1.165, 1.54) is 0 Å². The summed E-state index contributed by atoms with van der Waals surface area (Å²) in [6, 6.07) is 9.93. The summed E-state index contributed by atoms with van der Waals surface area (Å²) < 4.78 is 0. The largest absolute Gasteiger partial charge is 0.0952 e. The molecule has 0 unspecified atom stereocenters. The first-order valence-electron chi connectivity index (χ1n) is 2.87. The van der Waals surface area contributed by atoms with Crippen molar-refractivity contribution in [3.05, 3.63) is 49.4 Å². The molecule has 0 heteroatoms. The van der Waals surface area contributed by atoms with Crippen molar-refractivity contribution in [2.75, 3.05) is 0 Å². The molecule has 0 aromatic heterocycles. The van der Waals surface area contributed by atoms with E-state index >= 15 is 0 Å². The fourth-order valence-electron chi connectivity index (χ4n) is 0.674. The van der Waals surface area contributed by atoms with Crippen LogP contribution in [0.2, 0.25) is 0 Å². The van der Waals surface area contributed by atoms with E-state index in [0.717, 1.165) is 11.1 Å². The van der Waals surface area contributed by atoms with Crippen molar-refractivity contribution in [2.24, 2.45) is 0 Å². The minimum absolute atomic E-state index is 0.871. The first-order valence-corrected chi connectivity index (χ1v) is 2.87. The lowest BCUT2D eigenvalue weighted by Crippen LogP contribution is -1.73. The summed E-state index contributed by atoms with van der Waals surface area (Å²) >= 11 is 0. The summed E-state index contributed by atoms with van der Waals surface area (Å²) in [6.45, 7) is 7.43. The third kappa shape index (κ3) is 1.43. The average Bonchev–Trinajstić information content (AvgIpc) is 1.90. The van der Waals surface area contributed by atoms with Gasteiger partial charge in [0.1, 0.15) is 0 Å². The standard InChI is InChI=1S/C9H9/c1-8(2)9-6-4-3-5-7-9/h3-7H,1-2H2. The molecule has 0 aliphatic carbocycles. The summed E-state index contributed by atoms with van der Waals surface area (Å²) in [5.74, 6) is 0.